The van der Waals surface area contributed by atoms with E-state index in [2.05, 4.69) is 10.3 Å². The first-order chi connectivity index (χ1) is 13.0. The highest BCUT2D eigenvalue weighted by Crippen LogP contribution is 2.21. The number of carbonyl (C=O) groups excluding carboxylic acids is 1. The molecule has 2 heterocycles. The summed E-state index contributed by atoms with van der Waals surface area (Å²) in [4.78, 5) is 16.5. The Morgan fingerprint density at radius 3 is 2.33 bits per heavy atom. The van der Waals surface area contributed by atoms with Gasteiger partial charge in [-0.25, -0.2) is 8.42 Å². The third-order valence-corrected chi connectivity index (χ3v) is 6.74. The van der Waals surface area contributed by atoms with Crippen molar-refractivity contribution in [1.82, 2.24) is 14.6 Å². The molecule has 3 rings (SSSR count). The molecule has 0 bridgehead atoms. The summed E-state index contributed by atoms with van der Waals surface area (Å²) in [6.45, 7) is 3.08. The number of hydrogen-bond donors (Lipinski definition) is 1. The first kappa shape index (κ1) is 19.5. The molecule has 0 spiro atoms. The lowest BCUT2D eigenvalue weighted by molar-refractivity contribution is -0.121. The SMILES string of the molecule is CC(NC(=O)Cc1ccc(S(=O)(=O)N2CCCCC2)cc1)c1ccncc1. The van der Waals surface area contributed by atoms with E-state index in [0.717, 1.165) is 30.4 Å². The Hall–Kier alpha value is -2.25. The molecule has 1 N–H and O–H groups in total. The second kappa shape index (κ2) is 8.63. The number of benzene rings is 1. The van der Waals surface area contributed by atoms with Crippen molar-refractivity contribution in [2.24, 2.45) is 0 Å². The zero-order valence-corrected chi connectivity index (χ0v) is 16.3. The highest BCUT2D eigenvalue weighted by molar-refractivity contribution is 7.89. The summed E-state index contributed by atoms with van der Waals surface area (Å²) in [6, 6.07) is 10.2. The van der Waals surface area contributed by atoms with Gasteiger partial charge in [-0.2, -0.15) is 4.31 Å². The van der Waals surface area contributed by atoms with Gasteiger partial charge in [0, 0.05) is 25.5 Å². The lowest BCUT2D eigenvalue weighted by Crippen LogP contribution is -2.35. The molecule has 1 fully saturated rings. The van der Waals surface area contributed by atoms with Crippen LogP contribution in [-0.2, 0) is 21.2 Å². The van der Waals surface area contributed by atoms with Crippen molar-refractivity contribution in [2.75, 3.05) is 13.1 Å². The summed E-state index contributed by atoms with van der Waals surface area (Å²) in [5.74, 6) is -0.106. The van der Waals surface area contributed by atoms with Crippen molar-refractivity contribution in [2.45, 2.75) is 43.5 Å². The molecule has 2 aromatic rings. The average molecular weight is 388 g/mol. The third kappa shape index (κ3) is 4.93. The number of sulfonamides is 1. The van der Waals surface area contributed by atoms with Crippen molar-refractivity contribution >= 4 is 15.9 Å². The Labute approximate surface area is 160 Å². The monoisotopic (exact) mass is 387 g/mol. The molecule has 1 unspecified atom stereocenters. The number of carbonyl (C=O) groups is 1. The van der Waals surface area contributed by atoms with Crippen LogP contribution in [0.4, 0.5) is 0 Å². The largest absolute Gasteiger partial charge is 0.349 e. The fraction of sp³-hybridized carbons (Fsp3) is 0.400. The van der Waals surface area contributed by atoms with Crippen LogP contribution in [0.15, 0.2) is 53.7 Å². The number of nitrogens with zero attached hydrogens (tertiary/aromatic N) is 2. The molecule has 27 heavy (non-hydrogen) atoms. The molecule has 1 aromatic heterocycles. The summed E-state index contributed by atoms with van der Waals surface area (Å²) in [6.07, 6.45) is 6.50. The summed E-state index contributed by atoms with van der Waals surface area (Å²) in [5.41, 5.74) is 1.77. The quantitative estimate of drug-likeness (QED) is 0.826. The van der Waals surface area contributed by atoms with Gasteiger partial charge in [0.2, 0.25) is 15.9 Å². The summed E-state index contributed by atoms with van der Waals surface area (Å²) >= 11 is 0. The van der Waals surface area contributed by atoms with E-state index in [0.29, 0.717) is 18.0 Å². The van der Waals surface area contributed by atoms with Crippen LogP contribution in [0.3, 0.4) is 0 Å². The minimum absolute atomic E-state index is 0.106. The molecule has 144 valence electrons. The molecular formula is C20H25N3O3S. The maximum absolute atomic E-state index is 12.7. The average Bonchev–Trinajstić information content (AvgIpc) is 2.69. The molecule has 1 saturated heterocycles. The first-order valence-corrected chi connectivity index (χ1v) is 10.7. The van der Waals surface area contributed by atoms with Gasteiger partial charge in [-0.3, -0.25) is 9.78 Å². The van der Waals surface area contributed by atoms with Gasteiger partial charge >= 0.3 is 0 Å². The molecule has 0 radical (unpaired) electrons. The number of amides is 1. The fourth-order valence-electron chi connectivity index (χ4n) is 3.25. The van der Waals surface area contributed by atoms with Crippen LogP contribution in [0.5, 0.6) is 0 Å². The molecule has 1 amide bonds. The van der Waals surface area contributed by atoms with Gasteiger partial charge in [0.1, 0.15) is 0 Å². The van der Waals surface area contributed by atoms with E-state index in [-0.39, 0.29) is 18.4 Å². The smallest absolute Gasteiger partial charge is 0.243 e. The number of pyridine rings is 1. The zero-order valence-electron chi connectivity index (χ0n) is 15.5. The predicted octanol–water partition coefficient (Wildman–Crippen LogP) is 2.68. The van der Waals surface area contributed by atoms with Crippen molar-refractivity contribution in [3.63, 3.8) is 0 Å². The standard InChI is InChI=1S/C20H25N3O3S/c1-16(18-9-11-21-12-10-18)22-20(24)15-17-5-7-19(8-6-17)27(25,26)23-13-3-2-4-14-23/h5-12,16H,2-4,13-15H2,1H3,(H,22,24). The van der Waals surface area contributed by atoms with Gasteiger partial charge in [0.15, 0.2) is 0 Å². The Morgan fingerprint density at radius 2 is 1.70 bits per heavy atom. The zero-order chi connectivity index (χ0) is 19.3. The van der Waals surface area contributed by atoms with Gasteiger partial charge in [-0.15, -0.1) is 0 Å². The lowest BCUT2D eigenvalue weighted by atomic mass is 10.1. The lowest BCUT2D eigenvalue weighted by Gasteiger charge is -2.25. The van der Waals surface area contributed by atoms with Crippen molar-refractivity contribution in [3.05, 3.63) is 59.9 Å². The van der Waals surface area contributed by atoms with Crippen LogP contribution in [-0.4, -0.2) is 36.7 Å². The maximum atomic E-state index is 12.7. The van der Waals surface area contributed by atoms with E-state index >= 15 is 0 Å². The highest BCUT2D eigenvalue weighted by atomic mass is 32.2. The van der Waals surface area contributed by atoms with Gasteiger partial charge in [0.05, 0.1) is 17.4 Å². The van der Waals surface area contributed by atoms with E-state index in [1.54, 1.807) is 41.0 Å². The van der Waals surface area contributed by atoms with Gasteiger partial charge in [-0.05, 0) is 55.2 Å². The minimum Gasteiger partial charge on any atom is -0.349 e. The second-order valence-electron chi connectivity index (χ2n) is 6.86. The maximum Gasteiger partial charge on any atom is 0.243 e. The molecule has 1 aliphatic rings. The van der Waals surface area contributed by atoms with Crippen molar-refractivity contribution < 1.29 is 13.2 Å². The number of rotatable bonds is 6. The number of piperidine rings is 1. The Bertz CT molecular complexity index is 861. The second-order valence-corrected chi connectivity index (χ2v) is 8.79. The summed E-state index contributed by atoms with van der Waals surface area (Å²) < 4.78 is 26.9. The van der Waals surface area contributed by atoms with Crippen LogP contribution >= 0.6 is 0 Å². The van der Waals surface area contributed by atoms with Crippen LogP contribution in [0, 0.1) is 0 Å². The molecule has 1 atom stereocenters. The first-order valence-electron chi connectivity index (χ1n) is 9.25. The fourth-order valence-corrected chi connectivity index (χ4v) is 4.76. The van der Waals surface area contributed by atoms with E-state index in [9.17, 15) is 13.2 Å². The van der Waals surface area contributed by atoms with E-state index < -0.39 is 10.0 Å². The number of hydrogen-bond acceptors (Lipinski definition) is 4. The molecule has 7 heteroatoms. The Morgan fingerprint density at radius 1 is 1.07 bits per heavy atom. The molecule has 6 nitrogen and oxygen atoms in total. The molecule has 0 aliphatic carbocycles. The normalized spacial score (nSPS) is 16.6. The summed E-state index contributed by atoms with van der Waals surface area (Å²) in [5, 5.41) is 2.95. The van der Waals surface area contributed by atoms with Crippen LogP contribution in [0.1, 0.15) is 43.4 Å². The summed E-state index contributed by atoms with van der Waals surface area (Å²) in [7, 11) is -3.44. The van der Waals surface area contributed by atoms with E-state index in [1.165, 1.54) is 0 Å². The van der Waals surface area contributed by atoms with Crippen LogP contribution < -0.4 is 5.32 Å². The topological polar surface area (TPSA) is 79.4 Å². The van der Waals surface area contributed by atoms with Gasteiger partial charge < -0.3 is 5.32 Å². The van der Waals surface area contributed by atoms with Gasteiger partial charge in [0.25, 0.3) is 0 Å². The van der Waals surface area contributed by atoms with Crippen LogP contribution in [0.25, 0.3) is 0 Å². The molecule has 0 saturated carbocycles. The van der Waals surface area contributed by atoms with E-state index in [1.807, 2.05) is 19.1 Å². The molecule has 1 aliphatic heterocycles. The molecular weight excluding hydrogens is 362 g/mol. The third-order valence-electron chi connectivity index (χ3n) is 4.82. The molecule has 1 aromatic carbocycles. The number of aromatic nitrogens is 1. The van der Waals surface area contributed by atoms with Crippen molar-refractivity contribution in [1.29, 1.82) is 0 Å². The Balaban J connectivity index is 1.61. The predicted molar refractivity (Wildman–Crippen MR) is 104 cm³/mol. The van der Waals surface area contributed by atoms with Crippen molar-refractivity contribution in [3.8, 4) is 0 Å². The van der Waals surface area contributed by atoms with E-state index in [4.69, 9.17) is 0 Å². The highest BCUT2D eigenvalue weighted by Gasteiger charge is 2.25. The Kier molecular flexibility index (Phi) is 6.23. The van der Waals surface area contributed by atoms with Gasteiger partial charge in [-0.1, -0.05) is 18.6 Å². The minimum atomic E-state index is -3.44. The van der Waals surface area contributed by atoms with Crippen LogP contribution in [0.2, 0.25) is 0 Å². The number of nitrogens with one attached hydrogen (secondary N) is 1.